The van der Waals surface area contributed by atoms with Gasteiger partial charge in [-0.3, -0.25) is 4.79 Å². The molecule has 4 heteroatoms. The lowest BCUT2D eigenvalue weighted by molar-refractivity contribution is -0.123. The Labute approximate surface area is 491 Å². The summed E-state index contributed by atoms with van der Waals surface area (Å²) in [7, 11) is 0. The number of carbonyl (C=O) groups excluding carboxylic acids is 1. The molecule has 0 aromatic heterocycles. The van der Waals surface area contributed by atoms with Crippen LogP contribution in [0, 0.1) is 0 Å². The van der Waals surface area contributed by atoms with Gasteiger partial charge in [0.05, 0.1) is 18.8 Å². The Morgan fingerprint density at radius 3 is 0.886 bits per heavy atom. The predicted octanol–water partition coefficient (Wildman–Crippen LogP) is 23.1. The summed E-state index contributed by atoms with van der Waals surface area (Å²) in [6.45, 7) is 4.20. The average Bonchev–Trinajstić information content (AvgIpc) is 3.45. The molecule has 0 radical (unpaired) electrons. The van der Waals surface area contributed by atoms with Crippen LogP contribution >= 0.6 is 0 Å². The summed E-state index contributed by atoms with van der Waals surface area (Å²) in [5.74, 6) is -0.0815. The Morgan fingerprint density at radius 2 is 0.570 bits per heavy atom. The minimum Gasteiger partial charge on any atom is -0.394 e. The minimum absolute atomic E-state index is 0.0815. The number of hydrogen-bond donors (Lipinski definition) is 3. The highest BCUT2D eigenvalue weighted by molar-refractivity contribution is 5.76. The third kappa shape index (κ3) is 65.0. The number of carbonyl (C=O) groups is 1. The molecule has 0 rings (SSSR count). The summed E-state index contributed by atoms with van der Waals surface area (Å²) in [5, 5.41) is 23.2. The number of rotatable bonds is 60. The SMILES string of the molecule is CC/C=C\C/C=C\C/C=C\C/C=C\C/C=C\C/C=C\C/C=C\C/C=C\C/C=C\C/C=C\CCCCCCCCCCCCC(=O)NC(CO)C(O)/C=C/CC/C=C/CCCCCCCCCCCCCCCCCCCCCC. The Bertz CT molecular complexity index is 1620. The van der Waals surface area contributed by atoms with Crippen molar-refractivity contribution < 1.29 is 15.0 Å². The second-order valence-electron chi connectivity index (χ2n) is 22.1. The van der Waals surface area contributed by atoms with Crippen molar-refractivity contribution in [3.05, 3.63) is 146 Å². The molecule has 0 aliphatic rings. The summed E-state index contributed by atoms with van der Waals surface area (Å²) in [5.41, 5.74) is 0. The van der Waals surface area contributed by atoms with Crippen molar-refractivity contribution in [3.63, 3.8) is 0 Å². The van der Waals surface area contributed by atoms with Crippen molar-refractivity contribution in [2.45, 2.75) is 315 Å². The van der Waals surface area contributed by atoms with Crippen LogP contribution in [0.3, 0.4) is 0 Å². The summed E-state index contributed by atoms with van der Waals surface area (Å²) in [6, 6.07) is -0.653. The highest BCUT2D eigenvalue weighted by atomic mass is 16.3. The van der Waals surface area contributed by atoms with E-state index in [-0.39, 0.29) is 12.5 Å². The number of aliphatic hydroxyl groups excluding tert-OH is 2. The zero-order chi connectivity index (χ0) is 56.9. The molecule has 1 amide bonds. The van der Waals surface area contributed by atoms with E-state index < -0.39 is 12.1 Å². The fourth-order valence-corrected chi connectivity index (χ4v) is 9.52. The van der Waals surface area contributed by atoms with Gasteiger partial charge in [0.2, 0.25) is 5.91 Å². The van der Waals surface area contributed by atoms with Crippen LogP contribution in [0.1, 0.15) is 303 Å². The zero-order valence-corrected chi connectivity index (χ0v) is 51.8. The van der Waals surface area contributed by atoms with Crippen LogP contribution in [0.2, 0.25) is 0 Å². The number of unbranched alkanes of at least 4 members (excludes halogenated alkanes) is 31. The molecule has 0 aromatic rings. The normalized spacial score (nSPS) is 13.7. The van der Waals surface area contributed by atoms with Crippen molar-refractivity contribution in [2.24, 2.45) is 0 Å². The van der Waals surface area contributed by atoms with Gasteiger partial charge in [-0.15, -0.1) is 0 Å². The molecular formula is C75H127NO3. The Kier molecular flexibility index (Phi) is 65.3. The molecule has 0 aliphatic heterocycles. The average molecular weight is 1090 g/mol. The highest BCUT2D eigenvalue weighted by Gasteiger charge is 2.18. The van der Waals surface area contributed by atoms with E-state index in [2.05, 4.69) is 153 Å². The van der Waals surface area contributed by atoms with E-state index >= 15 is 0 Å². The van der Waals surface area contributed by atoms with Crippen LogP contribution in [0.25, 0.3) is 0 Å². The maximum atomic E-state index is 12.5. The van der Waals surface area contributed by atoms with Crippen LogP contribution in [0.15, 0.2) is 146 Å². The van der Waals surface area contributed by atoms with Crippen LogP contribution in [0.5, 0.6) is 0 Å². The fraction of sp³-hybridized carbons (Fsp3) is 0.667. The van der Waals surface area contributed by atoms with Gasteiger partial charge in [0.1, 0.15) is 0 Å². The maximum absolute atomic E-state index is 12.5. The molecule has 2 atom stereocenters. The quantitative estimate of drug-likeness (QED) is 0.0420. The Balaban J connectivity index is 3.61. The van der Waals surface area contributed by atoms with Crippen molar-refractivity contribution >= 4 is 5.91 Å². The topological polar surface area (TPSA) is 69.6 Å². The first kappa shape index (κ1) is 75.3. The molecule has 0 spiro atoms. The third-order valence-electron chi connectivity index (χ3n) is 14.6. The van der Waals surface area contributed by atoms with Crippen LogP contribution < -0.4 is 5.32 Å². The van der Waals surface area contributed by atoms with Gasteiger partial charge in [-0.2, -0.15) is 0 Å². The smallest absolute Gasteiger partial charge is 0.220 e. The standard InChI is InChI=1S/C75H127NO3/c1-3-5-7-9-11-13-15-17-19-21-23-25-27-29-31-32-33-34-35-36-37-38-39-40-41-42-43-44-45-47-49-51-53-55-57-59-61-63-65-67-69-71-75(79)76-73(72-77)74(78)70-68-66-64-62-60-58-56-54-52-50-48-46-30-28-26-24-22-20-18-16-14-12-10-8-6-4-2/h5,7,11,13,17,19,23,25,29,31,33-34,36-37,39-40,42-43,45,47,60,62,68,70,73-74,77-78H,3-4,6,8-10,12,14-16,18,20-22,24,26-28,30,32,35,38,41,44,46,48-59,61,63-67,69,71-72H2,1-2H3,(H,76,79)/b7-5-,13-11-,19-17-,25-23-,31-29-,34-33-,37-36-,40-39-,43-42-,47-45-,62-60+,70-68+. The number of aliphatic hydroxyl groups is 2. The molecule has 79 heavy (non-hydrogen) atoms. The molecule has 0 saturated heterocycles. The number of amides is 1. The molecule has 0 aliphatic carbocycles. The minimum atomic E-state index is -0.875. The molecule has 3 N–H and O–H groups in total. The van der Waals surface area contributed by atoms with Crippen molar-refractivity contribution in [3.8, 4) is 0 Å². The first-order valence-electron chi connectivity index (χ1n) is 33.5. The van der Waals surface area contributed by atoms with Gasteiger partial charge in [0, 0.05) is 6.42 Å². The predicted molar refractivity (Wildman–Crippen MR) is 354 cm³/mol. The van der Waals surface area contributed by atoms with Gasteiger partial charge >= 0.3 is 0 Å². The first-order valence-corrected chi connectivity index (χ1v) is 33.5. The molecule has 2 unspecified atom stereocenters. The molecule has 0 saturated carbocycles. The van der Waals surface area contributed by atoms with E-state index in [4.69, 9.17) is 0 Å². The zero-order valence-electron chi connectivity index (χ0n) is 51.8. The van der Waals surface area contributed by atoms with Crippen molar-refractivity contribution in [1.29, 1.82) is 0 Å². The molecule has 0 fully saturated rings. The van der Waals surface area contributed by atoms with E-state index in [1.54, 1.807) is 6.08 Å². The van der Waals surface area contributed by atoms with Gasteiger partial charge in [-0.25, -0.2) is 0 Å². The van der Waals surface area contributed by atoms with Crippen molar-refractivity contribution in [2.75, 3.05) is 6.61 Å². The lowest BCUT2D eigenvalue weighted by Crippen LogP contribution is -2.45. The second kappa shape index (κ2) is 68.5. The van der Waals surface area contributed by atoms with Gasteiger partial charge in [0.15, 0.2) is 0 Å². The van der Waals surface area contributed by atoms with E-state index in [1.165, 1.54) is 180 Å². The first-order chi connectivity index (χ1) is 39.2. The lowest BCUT2D eigenvalue weighted by Gasteiger charge is -2.19. The van der Waals surface area contributed by atoms with Crippen molar-refractivity contribution in [1.82, 2.24) is 5.32 Å². The van der Waals surface area contributed by atoms with Crippen LogP contribution in [-0.4, -0.2) is 34.9 Å². The van der Waals surface area contributed by atoms with Gasteiger partial charge in [0.25, 0.3) is 0 Å². The summed E-state index contributed by atoms with van der Waals surface area (Å²) in [6.07, 6.45) is 108. The van der Waals surface area contributed by atoms with Crippen LogP contribution in [-0.2, 0) is 4.79 Å². The Morgan fingerprint density at radius 1 is 0.316 bits per heavy atom. The maximum Gasteiger partial charge on any atom is 0.220 e. The number of hydrogen-bond acceptors (Lipinski definition) is 3. The van der Waals surface area contributed by atoms with E-state index in [0.29, 0.717) is 6.42 Å². The van der Waals surface area contributed by atoms with E-state index in [1.807, 2.05) is 6.08 Å². The molecule has 0 bridgehead atoms. The number of allylic oxidation sites excluding steroid dienone is 23. The monoisotopic (exact) mass is 1090 g/mol. The van der Waals surface area contributed by atoms with E-state index in [0.717, 1.165) is 103 Å². The molecule has 450 valence electrons. The van der Waals surface area contributed by atoms with E-state index in [9.17, 15) is 15.0 Å². The second-order valence-corrected chi connectivity index (χ2v) is 22.1. The molecule has 0 aromatic carbocycles. The number of nitrogens with one attached hydrogen (secondary N) is 1. The lowest BCUT2D eigenvalue weighted by atomic mass is 10.0. The molecule has 4 nitrogen and oxygen atoms in total. The third-order valence-corrected chi connectivity index (χ3v) is 14.6. The largest absolute Gasteiger partial charge is 0.394 e. The van der Waals surface area contributed by atoms with Gasteiger partial charge < -0.3 is 15.5 Å². The summed E-state index contributed by atoms with van der Waals surface area (Å²) >= 11 is 0. The summed E-state index contributed by atoms with van der Waals surface area (Å²) < 4.78 is 0. The Hall–Kier alpha value is -3.73. The van der Waals surface area contributed by atoms with Gasteiger partial charge in [-0.05, 0) is 109 Å². The highest BCUT2D eigenvalue weighted by Crippen LogP contribution is 2.16. The molecular weight excluding hydrogens is 963 g/mol. The molecule has 0 heterocycles. The fourth-order valence-electron chi connectivity index (χ4n) is 9.52. The van der Waals surface area contributed by atoms with Crippen LogP contribution in [0.4, 0.5) is 0 Å². The van der Waals surface area contributed by atoms with Gasteiger partial charge in [-0.1, -0.05) is 333 Å². The summed E-state index contributed by atoms with van der Waals surface area (Å²) in [4.78, 5) is 12.5.